The molecule has 2 heterocycles. The van der Waals surface area contributed by atoms with E-state index >= 15 is 0 Å². The molecule has 0 aliphatic carbocycles. The molecule has 0 bridgehead atoms. The third kappa shape index (κ3) is 3.79. The van der Waals surface area contributed by atoms with Gasteiger partial charge in [-0.25, -0.2) is 9.37 Å². The number of nitrogens with one attached hydrogen (secondary N) is 2. The number of nitrogens with zero attached hydrogens (tertiary/aromatic N) is 1. The lowest BCUT2D eigenvalue weighted by Crippen LogP contribution is -2.11. The minimum Gasteiger partial charge on any atom is -0.366 e. The molecule has 0 saturated carbocycles. The van der Waals surface area contributed by atoms with Gasteiger partial charge in [-0.05, 0) is 49.5 Å². The van der Waals surface area contributed by atoms with Gasteiger partial charge in [-0.3, -0.25) is 0 Å². The second-order valence-corrected chi connectivity index (χ2v) is 5.56. The summed E-state index contributed by atoms with van der Waals surface area (Å²) in [5, 5.41) is 6.54. The average molecular weight is 285 g/mol. The maximum atomic E-state index is 13.5. The zero-order valence-corrected chi connectivity index (χ0v) is 12.0. The van der Waals surface area contributed by atoms with E-state index in [9.17, 15) is 4.39 Å². The standard InChI is InChI=1S/C17H20FN3/c18-16-4-2-1-3-15(16)12-21-17-6-5-13(11-20-17)9-14-7-8-19-10-14/h1-6,11,14,19H,7-10,12H2,(H,20,21). The molecule has 0 spiro atoms. The van der Waals surface area contributed by atoms with Crippen molar-refractivity contribution in [3.8, 4) is 0 Å². The zero-order chi connectivity index (χ0) is 14.5. The summed E-state index contributed by atoms with van der Waals surface area (Å²) in [5.41, 5.74) is 1.92. The first-order chi connectivity index (χ1) is 10.3. The molecule has 3 rings (SSSR count). The maximum absolute atomic E-state index is 13.5. The zero-order valence-electron chi connectivity index (χ0n) is 12.0. The highest BCUT2D eigenvalue weighted by atomic mass is 19.1. The van der Waals surface area contributed by atoms with Gasteiger partial charge in [-0.2, -0.15) is 0 Å². The van der Waals surface area contributed by atoms with Crippen molar-refractivity contribution in [2.45, 2.75) is 19.4 Å². The van der Waals surface area contributed by atoms with E-state index in [0.29, 0.717) is 12.1 Å². The lowest BCUT2D eigenvalue weighted by atomic mass is 10.00. The van der Waals surface area contributed by atoms with Crippen LogP contribution in [0.15, 0.2) is 42.6 Å². The number of anilines is 1. The van der Waals surface area contributed by atoms with Crippen LogP contribution in [0.25, 0.3) is 0 Å². The van der Waals surface area contributed by atoms with E-state index in [4.69, 9.17) is 0 Å². The van der Waals surface area contributed by atoms with Gasteiger partial charge in [0, 0.05) is 18.3 Å². The molecule has 1 saturated heterocycles. The van der Waals surface area contributed by atoms with Crippen molar-refractivity contribution in [1.29, 1.82) is 0 Å². The molecule has 110 valence electrons. The molecule has 3 nitrogen and oxygen atoms in total. The fraction of sp³-hybridized carbons (Fsp3) is 0.353. The fourth-order valence-corrected chi connectivity index (χ4v) is 2.70. The van der Waals surface area contributed by atoms with Crippen molar-refractivity contribution < 1.29 is 4.39 Å². The van der Waals surface area contributed by atoms with E-state index in [-0.39, 0.29) is 5.82 Å². The number of benzene rings is 1. The lowest BCUT2D eigenvalue weighted by molar-refractivity contribution is 0.579. The first-order valence-electron chi connectivity index (χ1n) is 7.44. The lowest BCUT2D eigenvalue weighted by Gasteiger charge is -2.10. The van der Waals surface area contributed by atoms with Crippen LogP contribution in [0.3, 0.4) is 0 Å². The molecular weight excluding hydrogens is 265 g/mol. The first-order valence-corrected chi connectivity index (χ1v) is 7.44. The van der Waals surface area contributed by atoms with Crippen molar-refractivity contribution in [2.75, 3.05) is 18.4 Å². The van der Waals surface area contributed by atoms with Gasteiger partial charge in [0.1, 0.15) is 11.6 Å². The van der Waals surface area contributed by atoms with Crippen LogP contribution in [0.5, 0.6) is 0 Å². The van der Waals surface area contributed by atoms with Crippen LogP contribution in [-0.2, 0) is 13.0 Å². The van der Waals surface area contributed by atoms with E-state index in [1.54, 1.807) is 12.1 Å². The Labute approximate surface area is 124 Å². The Balaban J connectivity index is 1.55. The summed E-state index contributed by atoms with van der Waals surface area (Å²) in [5.74, 6) is 1.32. The number of rotatable bonds is 5. The van der Waals surface area contributed by atoms with E-state index in [0.717, 1.165) is 31.2 Å². The predicted octanol–water partition coefficient (Wildman–Crippen LogP) is 2.98. The van der Waals surface area contributed by atoms with Gasteiger partial charge in [0.2, 0.25) is 0 Å². The van der Waals surface area contributed by atoms with Crippen LogP contribution < -0.4 is 10.6 Å². The monoisotopic (exact) mass is 285 g/mol. The SMILES string of the molecule is Fc1ccccc1CNc1ccc(CC2CCNC2)cn1. The highest BCUT2D eigenvalue weighted by Crippen LogP contribution is 2.16. The summed E-state index contributed by atoms with van der Waals surface area (Å²) >= 11 is 0. The van der Waals surface area contributed by atoms with Gasteiger partial charge < -0.3 is 10.6 Å². The Morgan fingerprint density at radius 3 is 2.86 bits per heavy atom. The molecule has 1 aromatic heterocycles. The molecule has 1 atom stereocenters. The Morgan fingerprint density at radius 2 is 2.14 bits per heavy atom. The summed E-state index contributed by atoms with van der Waals surface area (Å²) in [6, 6.07) is 10.9. The number of aromatic nitrogens is 1. The van der Waals surface area contributed by atoms with Gasteiger partial charge in [0.05, 0.1) is 0 Å². The van der Waals surface area contributed by atoms with Gasteiger partial charge in [-0.15, -0.1) is 0 Å². The third-order valence-corrected chi connectivity index (χ3v) is 3.93. The Morgan fingerprint density at radius 1 is 1.24 bits per heavy atom. The molecule has 0 radical (unpaired) electrons. The van der Waals surface area contributed by atoms with Crippen molar-refractivity contribution in [1.82, 2.24) is 10.3 Å². The van der Waals surface area contributed by atoms with E-state index in [1.165, 1.54) is 18.1 Å². The first kappa shape index (κ1) is 14.0. The molecule has 1 unspecified atom stereocenters. The quantitative estimate of drug-likeness (QED) is 0.887. The smallest absolute Gasteiger partial charge is 0.128 e. The van der Waals surface area contributed by atoms with Crippen molar-refractivity contribution in [2.24, 2.45) is 5.92 Å². The molecule has 4 heteroatoms. The van der Waals surface area contributed by atoms with Gasteiger partial charge in [-0.1, -0.05) is 24.3 Å². The van der Waals surface area contributed by atoms with Crippen molar-refractivity contribution in [3.05, 3.63) is 59.5 Å². The molecule has 2 aromatic rings. The molecule has 0 amide bonds. The van der Waals surface area contributed by atoms with E-state index in [1.807, 2.05) is 18.3 Å². The van der Waals surface area contributed by atoms with Gasteiger partial charge >= 0.3 is 0 Å². The van der Waals surface area contributed by atoms with Crippen molar-refractivity contribution >= 4 is 5.82 Å². The van der Waals surface area contributed by atoms with Crippen LogP contribution in [-0.4, -0.2) is 18.1 Å². The minimum atomic E-state index is -0.185. The third-order valence-electron chi connectivity index (χ3n) is 3.93. The summed E-state index contributed by atoms with van der Waals surface area (Å²) in [7, 11) is 0. The summed E-state index contributed by atoms with van der Waals surface area (Å²) < 4.78 is 13.5. The number of hydrogen-bond donors (Lipinski definition) is 2. The summed E-state index contributed by atoms with van der Waals surface area (Å²) in [4.78, 5) is 4.41. The van der Waals surface area contributed by atoms with Crippen LogP contribution in [0.2, 0.25) is 0 Å². The molecule has 1 fully saturated rings. The van der Waals surface area contributed by atoms with Crippen LogP contribution >= 0.6 is 0 Å². The average Bonchev–Trinajstić information content (AvgIpc) is 3.01. The molecule has 1 aliphatic rings. The highest BCUT2D eigenvalue weighted by Gasteiger charge is 2.14. The second kappa shape index (κ2) is 6.68. The van der Waals surface area contributed by atoms with Crippen LogP contribution in [0.4, 0.5) is 10.2 Å². The summed E-state index contributed by atoms with van der Waals surface area (Å²) in [6.45, 7) is 2.68. The Hall–Kier alpha value is -1.94. The maximum Gasteiger partial charge on any atom is 0.128 e. The number of halogens is 1. The fourth-order valence-electron chi connectivity index (χ4n) is 2.70. The van der Waals surface area contributed by atoms with Crippen molar-refractivity contribution in [3.63, 3.8) is 0 Å². The molecule has 1 aliphatic heterocycles. The molecule has 21 heavy (non-hydrogen) atoms. The molecular formula is C17H20FN3. The largest absolute Gasteiger partial charge is 0.366 e. The number of pyridine rings is 1. The number of hydrogen-bond acceptors (Lipinski definition) is 3. The van der Waals surface area contributed by atoms with Crippen LogP contribution in [0.1, 0.15) is 17.5 Å². The van der Waals surface area contributed by atoms with E-state index in [2.05, 4.69) is 21.7 Å². The second-order valence-electron chi connectivity index (χ2n) is 5.56. The van der Waals surface area contributed by atoms with Gasteiger partial charge in [0.15, 0.2) is 0 Å². The predicted molar refractivity (Wildman–Crippen MR) is 82.6 cm³/mol. The Bertz CT molecular complexity index is 577. The summed E-state index contributed by atoms with van der Waals surface area (Å²) in [6.07, 6.45) is 4.24. The highest BCUT2D eigenvalue weighted by molar-refractivity contribution is 5.37. The normalized spacial score (nSPS) is 17.9. The topological polar surface area (TPSA) is 37.0 Å². The van der Waals surface area contributed by atoms with E-state index < -0.39 is 0 Å². The Kier molecular flexibility index (Phi) is 4.46. The van der Waals surface area contributed by atoms with Gasteiger partial charge in [0.25, 0.3) is 0 Å². The van der Waals surface area contributed by atoms with Crippen LogP contribution in [0, 0.1) is 11.7 Å². The molecule has 1 aromatic carbocycles. The minimum absolute atomic E-state index is 0.185. The molecule has 2 N–H and O–H groups in total.